The molecule has 0 aliphatic rings. The van der Waals surface area contributed by atoms with E-state index < -0.39 is 0 Å². The van der Waals surface area contributed by atoms with Crippen molar-refractivity contribution >= 4 is 29.5 Å². The van der Waals surface area contributed by atoms with Crippen molar-refractivity contribution in [2.45, 2.75) is 13.8 Å². The van der Waals surface area contributed by atoms with E-state index in [2.05, 4.69) is 0 Å². The summed E-state index contributed by atoms with van der Waals surface area (Å²) >= 11 is 12.5. The fourth-order valence-electron chi connectivity index (χ4n) is 2.01. The summed E-state index contributed by atoms with van der Waals surface area (Å²) in [4.78, 5) is 11.2. The van der Waals surface area contributed by atoms with Crippen LogP contribution < -0.4 is 4.74 Å². The van der Waals surface area contributed by atoms with Crippen LogP contribution in [0.5, 0.6) is 5.75 Å². The second kappa shape index (κ2) is 6.29. The second-order valence-electron chi connectivity index (χ2n) is 4.40. The number of rotatable bonds is 4. The van der Waals surface area contributed by atoms with E-state index in [9.17, 15) is 4.79 Å². The van der Waals surface area contributed by atoms with Crippen molar-refractivity contribution < 1.29 is 9.53 Å². The SMILES string of the molecule is CCOc1cc(Cl)c(-c2cc(C)ccc2C=O)cc1Cl. The number of aldehydes is 1. The molecule has 0 aliphatic heterocycles. The van der Waals surface area contributed by atoms with Gasteiger partial charge in [-0.3, -0.25) is 4.79 Å². The maximum atomic E-state index is 11.2. The molecule has 0 saturated carbocycles. The number of ether oxygens (including phenoxy) is 1. The third-order valence-corrected chi connectivity index (χ3v) is 3.56. The zero-order chi connectivity index (χ0) is 14.7. The molecular formula is C16H14Cl2O2. The Morgan fingerprint density at radius 3 is 2.50 bits per heavy atom. The van der Waals surface area contributed by atoms with Crippen molar-refractivity contribution in [3.63, 3.8) is 0 Å². The zero-order valence-corrected chi connectivity index (χ0v) is 12.8. The lowest BCUT2D eigenvalue weighted by Crippen LogP contribution is -1.94. The number of hydrogen-bond acceptors (Lipinski definition) is 2. The highest BCUT2D eigenvalue weighted by atomic mass is 35.5. The molecule has 2 nitrogen and oxygen atoms in total. The Kier molecular flexibility index (Phi) is 4.69. The monoisotopic (exact) mass is 308 g/mol. The van der Waals surface area contributed by atoms with Gasteiger partial charge in [0.1, 0.15) is 5.75 Å². The topological polar surface area (TPSA) is 26.3 Å². The molecule has 0 N–H and O–H groups in total. The summed E-state index contributed by atoms with van der Waals surface area (Å²) in [6.45, 7) is 4.35. The molecule has 0 radical (unpaired) electrons. The van der Waals surface area contributed by atoms with Crippen LogP contribution in [0.3, 0.4) is 0 Å². The van der Waals surface area contributed by atoms with Crippen LogP contribution in [0, 0.1) is 6.92 Å². The Bertz CT molecular complexity index is 651. The molecule has 2 aromatic carbocycles. The van der Waals surface area contributed by atoms with Gasteiger partial charge < -0.3 is 4.74 Å². The summed E-state index contributed by atoms with van der Waals surface area (Å²) in [5.74, 6) is 0.545. The highest BCUT2D eigenvalue weighted by molar-refractivity contribution is 6.36. The van der Waals surface area contributed by atoms with Gasteiger partial charge in [-0.25, -0.2) is 0 Å². The van der Waals surface area contributed by atoms with Crippen LogP contribution >= 0.6 is 23.2 Å². The predicted molar refractivity (Wildman–Crippen MR) is 83.2 cm³/mol. The Morgan fingerprint density at radius 1 is 1.10 bits per heavy atom. The van der Waals surface area contributed by atoms with Crippen LogP contribution in [-0.2, 0) is 0 Å². The summed E-state index contributed by atoms with van der Waals surface area (Å²) < 4.78 is 5.40. The molecule has 0 unspecified atom stereocenters. The van der Waals surface area contributed by atoms with E-state index in [0.717, 1.165) is 23.0 Å². The van der Waals surface area contributed by atoms with Crippen LogP contribution in [0.15, 0.2) is 30.3 Å². The quantitative estimate of drug-likeness (QED) is 0.727. The lowest BCUT2D eigenvalue weighted by Gasteiger charge is -2.12. The van der Waals surface area contributed by atoms with Gasteiger partial charge in [0.05, 0.1) is 16.7 Å². The number of hydrogen-bond donors (Lipinski definition) is 0. The minimum atomic E-state index is 0.476. The molecule has 104 valence electrons. The Balaban J connectivity index is 2.61. The van der Waals surface area contributed by atoms with Crippen molar-refractivity contribution in [2.75, 3.05) is 6.61 Å². The van der Waals surface area contributed by atoms with E-state index in [0.29, 0.717) is 28.0 Å². The van der Waals surface area contributed by atoms with Gasteiger partial charge in [0.2, 0.25) is 0 Å². The molecule has 20 heavy (non-hydrogen) atoms. The van der Waals surface area contributed by atoms with Crippen LogP contribution in [-0.4, -0.2) is 12.9 Å². The molecule has 0 aliphatic carbocycles. The molecule has 0 aromatic heterocycles. The smallest absolute Gasteiger partial charge is 0.150 e. The van der Waals surface area contributed by atoms with Gasteiger partial charge in [0, 0.05) is 17.2 Å². The van der Waals surface area contributed by atoms with E-state index in [4.69, 9.17) is 27.9 Å². The number of carbonyl (C=O) groups is 1. The second-order valence-corrected chi connectivity index (χ2v) is 5.22. The average molecular weight is 309 g/mol. The molecule has 2 rings (SSSR count). The van der Waals surface area contributed by atoms with Gasteiger partial charge in [-0.05, 0) is 25.5 Å². The average Bonchev–Trinajstić information content (AvgIpc) is 2.42. The summed E-state index contributed by atoms with van der Waals surface area (Å²) in [5, 5.41) is 0.983. The third kappa shape index (κ3) is 2.97. The number of carbonyl (C=O) groups excluding carboxylic acids is 1. The molecule has 0 amide bonds. The number of aryl methyl sites for hydroxylation is 1. The van der Waals surface area contributed by atoms with Crippen LogP contribution in [0.2, 0.25) is 10.0 Å². The maximum Gasteiger partial charge on any atom is 0.150 e. The Labute approximate surface area is 128 Å². The van der Waals surface area contributed by atoms with Crippen molar-refractivity contribution in [1.82, 2.24) is 0 Å². The van der Waals surface area contributed by atoms with Crippen molar-refractivity contribution in [3.8, 4) is 16.9 Å². The lowest BCUT2D eigenvalue weighted by atomic mass is 9.98. The van der Waals surface area contributed by atoms with Gasteiger partial charge in [-0.2, -0.15) is 0 Å². The van der Waals surface area contributed by atoms with Gasteiger partial charge >= 0.3 is 0 Å². The minimum Gasteiger partial charge on any atom is -0.492 e. The standard InChI is InChI=1S/C16H14Cl2O2/c1-3-20-16-8-14(17)13(7-15(16)18)12-6-10(2)4-5-11(12)9-19/h4-9H,3H2,1-2H3. The fraction of sp³-hybridized carbons (Fsp3) is 0.188. The summed E-state index contributed by atoms with van der Waals surface area (Å²) in [7, 11) is 0. The van der Waals surface area contributed by atoms with Crippen molar-refractivity contribution in [3.05, 3.63) is 51.5 Å². The van der Waals surface area contributed by atoms with Crippen molar-refractivity contribution in [1.29, 1.82) is 0 Å². The first-order chi connectivity index (χ1) is 9.56. The largest absolute Gasteiger partial charge is 0.492 e. The Hall–Kier alpha value is -1.51. The fourth-order valence-corrected chi connectivity index (χ4v) is 2.48. The normalized spacial score (nSPS) is 10.4. The summed E-state index contributed by atoms with van der Waals surface area (Å²) in [5.41, 5.74) is 3.13. The lowest BCUT2D eigenvalue weighted by molar-refractivity contribution is 0.112. The number of halogens is 2. The van der Waals surface area contributed by atoms with Gasteiger partial charge in [0.15, 0.2) is 6.29 Å². The maximum absolute atomic E-state index is 11.2. The van der Waals surface area contributed by atoms with E-state index >= 15 is 0 Å². The molecule has 0 spiro atoms. The Morgan fingerprint density at radius 2 is 1.85 bits per heavy atom. The van der Waals surface area contributed by atoms with E-state index in [-0.39, 0.29) is 0 Å². The molecular weight excluding hydrogens is 295 g/mol. The van der Waals surface area contributed by atoms with E-state index in [1.807, 2.05) is 26.0 Å². The van der Waals surface area contributed by atoms with Gasteiger partial charge in [0.25, 0.3) is 0 Å². The molecule has 2 aromatic rings. The third-order valence-electron chi connectivity index (χ3n) is 2.95. The zero-order valence-electron chi connectivity index (χ0n) is 11.2. The van der Waals surface area contributed by atoms with Gasteiger partial charge in [-0.1, -0.05) is 47.0 Å². The molecule has 4 heteroatoms. The summed E-state index contributed by atoms with van der Waals surface area (Å²) in [6, 6.07) is 8.99. The molecule has 0 fully saturated rings. The van der Waals surface area contributed by atoms with E-state index in [1.54, 1.807) is 18.2 Å². The van der Waals surface area contributed by atoms with Crippen LogP contribution in [0.25, 0.3) is 11.1 Å². The van der Waals surface area contributed by atoms with Gasteiger partial charge in [-0.15, -0.1) is 0 Å². The molecule has 0 atom stereocenters. The molecule has 0 saturated heterocycles. The van der Waals surface area contributed by atoms with E-state index in [1.165, 1.54) is 0 Å². The highest BCUT2D eigenvalue weighted by Gasteiger charge is 2.13. The first kappa shape index (κ1) is 14.9. The summed E-state index contributed by atoms with van der Waals surface area (Å²) in [6.07, 6.45) is 0.815. The first-order valence-corrected chi connectivity index (χ1v) is 7.00. The predicted octanol–water partition coefficient (Wildman–Crippen LogP) is 5.18. The minimum absolute atomic E-state index is 0.476. The number of benzene rings is 2. The van der Waals surface area contributed by atoms with Crippen LogP contribution in [0.1, 0.15) is 22.8 Å². The molecule has 0 bridgehead atoms. The first-order valence-electron chi connectivity index (χ1n) is 6.24. The highest BCUT2D eigenvalue weighted by Crippen LogP contribution is 2.38. The molecule has 0 heterocycles. The van der Waals surface area contributed by atoms with Crippen molar-refractivity contribution in [2.24, 2.45) is 0 Å². The van der Waals surface area contributed by atoms with Crippen LogP contribution in [0.4, 0.5) is 0 Å².